The van der Waals surface area contributed by atoms with Crippen LogP contribution in [0.5, 0.6) is 0 Å². The van der Waals surface area contributed by atoms with Crippen molar-refractivity contribution in [2.24, 2.45) is 11.8 Å². The van der Waals surface area contributed by atoms with Gasteiger partial charge in [0.25, 0.3) is 0 Å². The molecule has 0 bridgehead atoms. The molecule has 0 aliphatic rings. The van der Waals surface area contributed by atoms with Crippen molar-refractivity contribution in [2.45, 2.75) is 471 Å². The smallest absolute Gasteiger partial charge is 0.462 e. The van der Waals surface area contributed by atoms with E-state index in [-0.39, 0.29) is 25.7 Å². The monoisotopic (exact) mass is 1520 g/mol. The zero-order valence-corrected chi connectivity index (χ0v) is 70.1. The number of carbonyl (C=O) groups is 4. The van der Waals surface area contributed by atoms with Gasteiger partial charge in [0.15, 0.2) is 12.2 Å². The fourth-order valence-corrected chi connectivity index (χ4v) is 14.8. The summed E-state index contributed by atoms with van der Waals surface area (Å²) in [5.74, 6) is -0.468. The summed E-state index contributed by atoms with van der Waals surface area (Å²) < 4.78 is 68.9. The Bertz CT molecular complexity index is 2000. The molecule has 0 aromatic carbocycles. The highest BCUT2D eigenvalue weighted by Gasteiger charge is 2.30. The van der Waals surface area contributed by atoms with E-state index >= 15 is 0 Å². The van der Waals surface area contributed by atoms with Crippen LogP contribution in [-0.4, -0.2) is 96.7 Å². The Kier molecular flexibility index (Phi) is 75.0. The van der Waals surface area contributed by atoms with Gasteiger partial charge in [-0.05, 0) is 37.5 Å². The molecule has 0 amide bonds. The van der Waals surface area contributed by atoms with E-state index in [1.54, 1.807) is 0 Å². The Balaban J connectivity index is 5.27. The van der Waals surface area contributed by atoms with Crippen molar-refractivity contribution in [1.82, 2.24) is 0 Å². The van der Waals surface area contributed by atoms with Gasteiger partial charge in [-0.1, -0.05) is 401 Å². The van der Waals surface area contributed by atoms with Crippen LogP contribution in [0.1, 0.15) is 452 Å². The highest BCUT2D eigenvalue weighted by atomic mass is 31.2. The highest BCUT2D eigenvalue weighted by molar-refractivity contribution is 7.47. The predicted molar refractivity (Wildman–Crippen MR) is 428 cm³/mol. The second-order valence-corrected chi connectivity index (χ2v) is 34.2. The lowest BCUT2D eigenvalue weighted by molar-refractivity contribution is -0.161. The minimum atomic E-state index is -4.97. The van der Waals surface area contributed by atoms with Crippen LogP contribution in [0.2, 0.25) is 0 Å². The van der Waals surface area contributed by atoms with Gasteiger partial charge in [0, 0.05) is 25.7 Å². The lowest BCUT2D eigenvalue weighted by atomic mass is 9.99. The van der Waals surface area contributed by atoms with Crippen molar-refractivity contribution in [1.29, 1.82) is 0 Å². The van der Waals surface area contributed by atoms with E-state index in [1.807, 2.05) is 0 Å². The summed E-state index contributed by atoms with van der Waals surface area (Å²) in [5.41, 5.74) is 0. The predicted octanol–water partition coefficient (Wildman–Crippen LogP) is 25.8. The summed E-state index contributed by atoms with van der Waals surface area (Å²) >= 11 is 0. The van der Waals surface area contributed by atoms with E-state index in [9.17, 15) is 43.2 Å². The van der Waals surface area contributed by atoms with Gasteiger partial charge in [-0.25, -0.2) is 9.13 Å². The Labute approximate surface area is 638 Å². The van der Waals surface area contributed by atoms with Crippen LogP contribution < -0.4 is 0 Å². The molecule has 17 nitrogen and oxygen atoms in total. The number of phosphoric acid groups is 2. The maximum absolute atomic E-state index is 13.1. The molecule has 0 aromatic rings. The van der Waals surface area contributed by atoms with Gasteiger partial charge >= 0.3 is 39.5 Å². The number of hydrogen-bond donors (Lipinski definition) is 3. The van der Waals surface area contributed by atoms with Crippen LogP contribution in [0.15, 0.2) is 0 Å². The van der Waals surface area contributed by atoms with Crippen LogP contribution in [0.3, 0.4) is 0 Å². The van der Waals surface area contributed by atoms with Crippen LogP contribution in [0, 0.1) is 11.8 Å². The maximum Gasteiger partial charge on any atom is 0.472 e. The number of aliphatic hydroxyl groups excluding tert-OH is 1. The summed E-state index contributed by atoms with van der Waals surface area (Å²) in [5, 5.41) is 10.7. The minimum absolute atomic E-state index is 0.108. The van der Waals surface area contributed by atoms with E-state index in [2.05, 4.69) is 41.5 Å². The average Bonchev–Trinajstić information content (AvgIpc) is 0.904. The molecule has 19 heteroatoms. The SMILES string of the molecule is CCCCCCCCCCCCCCCCCCCC(=O)OC[C@H](COP(=O)(O)OC[C@@H](O)COP(=O)(O)OC[C@@H](COC(=O)CCCCCCCCCCCCCCC)OC(=O)CCCCCCCCCCCCCCCC(C)C)OC(=O)CCCCCCCCCCCCCCCCC(C)CC. The molecule has 0 aliphatic carbocycles. The van der Waals surface area contributed by atoms with Crippen molar-refractivity contribution >= 4 is 39.5 Å². The zero-order valence-electron chi connectivity index (χ0n) is 68.3. The summed E-state index contributed by atoms with van der Waals surface area (Å²) in [7, 11) is -9.93. The molecule has 0 saturated carbocycles. The Morgan fingerprint density at radius 2 is 0.490 bits per heavy atom. The molecule has 0 rings (SSSR count). The second kappa shape index (κ2) is 76.4. The van der Waals surface area contributed by atoms with Gasteiger partial charge in [-0.2, -0.15) is 0 Å². The first-order valence-electron chi connectivity index (χ1n) is 44.0. The van der Waals surface area contributed by atoms with E-state index in [0.29, 0.717) is 25.7 Å². The van der Waals surface area contributed by atoms with Crippen molar-refractivity contribution < 1.29 is 80.2 Å². The number of rotatable bonds is 84. The molecule has 0 saturated heterocycles. The fourth-order valence-electron chi connectivity index (χ4n) is 13.2. The molecule has 0 aromatic heterocycles. The van der Waals surface area contributed by atoms with Crippen LogP contribution in [0.25, 0.3) is 0 Å². The number of aliphatic hydroxyl groups is 1. The molecule has 0 radical (unpaired) electrons. The minimum Gasteiger partial charge on any atom is -0.462 e. The number of ether oxygens (including phenoxy) is 4. The molecule has 6 atom stereocenters. The molecule has 104 heavy (non-hydrogen) atoms. The Morgan fingerprint density at radius 1 is 0.279 bits per heavy atom. The third-order valence-electron chi connectivity index (χ3n) is 20.3. The van der Waals surface area contributed by atoms with Crippen molar-refractivity contribution in [2.75, 3.05) is 39.6 Å². The zero-order chi connectivity index (χ0) is 76.4. The van der Waals surface area contributed by atoms with Gasteiger partial charge in [-0.15, -0.1) is 0 Å². The number of hydrogen-bond acceptors (Lipinski definition) is 15. The third-order valence-corrected chi connectivity index (χ3v) is 22.2. The maximum atomic E-state index is 13.1. The van der Waals surface area contributed by atoms with Crippen molar-refractivity contribution in [3.05, 3.63) is 0 Å². The van der Waals surface area contributed by atoms with Crippen LogP contribution >= 0.6 is 15.6 Å². The first-order chi connectivity index (χ1) is 50.4. The molecular formula is C85H166O17P2. The number of esters is 4. The third kappa shape index (κ3) is 76.8. The van der Waals surface area contributed by atoms with Crippen LogP contribution in [-0.2, 0) is 65.4 Å². The Morgan fingerprint density at radius 3 is 0.731 bits per heavy atom. The molecule has 3 N–H and O–H groups in total. The normalized spacial score (nSPS) is 14.1. The molecule has 0 heterocycles. The van der Waals surface area contributed by atoms with E-state index in [4.69, 9.17) is 37.0 Å². The lowest BCUT2D eigenvalue weighted by Crippen LogP contribution is -2.30. The van der Waals surface area contributed by atoms with Gasteiger partial charge in [-0.3, -0.25) is 37.3 Å². The van der Waals surface area contributed by atoms with Crippen molar-refractivity contribution in [3.63, 3.8) is 0 Å². The second-order valence-electron chi connectivity index (χ2n) is 31.3. The van der Waals surface area contributed by atoms with E-state index in [0.717, 1.165) is 102 Å². The summed E-state index contributed by atoms with van der Waals surface area (Å²) in [6.45, 7) is 9.74. The topological polar surface area (TPSA) is 237 Å². The molecule has 0 aliphatic heterocycles. The van der Waals surface area contributed by atoms with E-state index < -0.39 is 97.5 Å². The summed E-state index contributed by atoms with van der Waals surface area (Å²) in [6.07, 6.45) is 67.8. The molecule has 618 valence electrons. The van der Waals surface area contributed by atoms with Gasteiger partial charge in [0.1, 0.15) is 19.3 Å². The summed E-state index contributed by atoms with van der Waals surface area (Å²) in [6, 6.07) is 0. The van der Waals surface area contributed by atoms with Gasteiger partial charge in [0.2, 0.25) is 0 Å². The largest absolute Gasteiger partial charge is 0.472 e. The van der Waals surface area contributed by atoms with E-state index in [1.165, 1.54) is 270 Å². The van der Waals surface area contributed by atoms with Crippen molar-refractivity contribution in [3.8, 4) is 0 Å². The molecule has 0 spiro atoms. The highest BCUT2D eigenvalue weighted by Crippen LogP contribution is 2.45. The average molecular weight is 1520 g/mol. The molecule has 3 unspecified atom stereocenters. The standard InChI is InChI=1S/C85H166O17P2/c1-7-10-12-14-16-18-20-22-23-24-25-32-38-44-50-56-62-68-83(88)96-74-81(101-84(89)69-63-57-51-45-39-33-27-26-31-36-42-48-54-60-66-78(6)9-3)76-100-104(93,94)98-72-79(86)71-97-103(91,92)99-75-80(73-95-82(87)67-61-55-49-43-37-29-21-19-17-15-13-11-8-2)102-85(90)70-64-58-52-46-40-34-28-30-35-41-47-53-59-65-77(4)5/h77-81,86H,7-76H2,1-6H3,(H,91,92)(H,93,94)/t78?,79-,80+,81+/m0/s1. The first-order valence-corrected chi connectivity index (χ1v) is 47.0. The summed E-state index contributed by atoms with van der Waals surface area (Å²) in [4.78, 5) is 73.2. The van der Waals surface area contributed by atoms with Gasteiger partial charge < -0.3 is 33.8 Å². The Hall–Kier alpha value is -1.94. The molecule has 0 fully saturated rings. The number of phosphoric ester groups is 2. The number of unbranched alkanes of at least 4 members (excludes halogenated alkanes) is 53. The lowest BCUT2D eigenvalue weighted by Gasteiger charge is -2.21. The fraction of sp³-hybridized carbons (Fsp3) is 0.953. The first kappa shape index (κ1) is 102. The molecular weight excluding hydrogens is 1350 g/mol. The van der Waals surface area contributed by atoms with Gasteiger partial charge in [0.05, 0.1) is 26.4 Å². The van der Waals surface area contributed by atoms with Crippen LogP contribution in [0.4, 0.5) is 0 Å². The quantitative estimate of drug-likeness (QED) is 0.0222. The number of carbonyl (C=O) groups excluding carboxylic acids is 4.